The molecule has 4 fully saturated rings. The van der Waals surface area contributed by atoms with Crippen LogP contribution in [0.15, 0.2) is 41.5 Å². The lowest BCUT2D eigenvalue weighted by atomic mass is 9.34. The van der Waals surface area contributed by atoms with Gasteiger partial charge >= 0.3 is 18.0 Å². The minimum absolute atomic E-state index is 0.00289. The van der Waals surface area contributed by atoms with Crippen LogP contribution in [0.1, 0.15) is 132 Å². The number of ketones is 1. The molecule has 0 aromatic heterocycles. The van der Waals surface area contributed by atoms with E-state index in [1.165, 1.54) is 11.1 Å². The number of hydrogen-bond acceptors (Lipinski definition) is 6. The third-order valence-corrected chi connectivity index (χ3v) is 15.3. The van der Waals surface area contributed by atoms with Gasteiger partial charge in [-0.3, -0.25) is 14.4 Å². The number of aliphatic carboxylic acids is 1. The molecular weight excluding hydrogens is 642 g/mol. The molecule has 8 nitrogen and oxygen atoms in total. The predicted molar refractivity (Wildman–Crippen MR) is 195 cm³/mol. The number of carboxylic acids is 1. The molecule has 1 amide bonds. The average molecular weight is 704 g/mol. The summed E-state index contributed by atoms with van der Waals surface area (Å²) in [5.74, 6) is -0.487. The van der Waals surface area contributed by atoms with E-state index >= 15 is 0 Å². The van der Waals surface area contributed by atoms with Gasteiger partial charge in [0, 0.05) is 17.8 Å². The summed E-state index contributed by atoms with van der Waals surface area (Å²) in [6, 6.07) is 9.68. The summed E-state index contributed by atoms with van der Waals surface area (Å²) in [6.45, 7) is 19.6. The van der Waals surface area contributed by atoms with Gasteiger partial charge in [0.2, 0.25) is 0 Å². The van der Waals surface area contributed by atoms with Crippen LogP contribution in [0.25, 0.3) is 0 Å². The average Bonchev–Trinajstić information content (AvgIpc) is 3.33. The molecule has 51 heavy (non-hydrogen) atoms. The van der Waals surface area contributed by atoms with Crippen molar-refractivity contribution in [3.8, 4) is 0 Å². The van der Waals surface area contributed by atoms with Gasteiger partial charge in [-0.2, -0.15) is 0 Å². The Hall–Kier alpha value is -3.16. The molecule has 0 saturated heterocycles. The molecule has 6 rings (SSSR count). The first-order valence-electron chi connectivity index (χ1n) is 19.4. The summed E-state index contributed by atoms with van der Waals surface area (Å²) in [4.78, 5) is 52.2. The van der Waals surface area contributed by atoms with Crippen LogP contribution in [0.2, 0.25) is 0 Å². The number of alkyl carbamates (subject to hydrolysis) is 1. The highest BCUT2D eigenvalue weighted by molar-refractivity contribution is 5.92. The van der Waals surface area contributed by atoms with Crippen molar-refractivity contribution in [1.29, 1.82) is 0 Å². The van der Waals surface area contributed by atoms with Gasteiger partial charge in [-0.1, -0.05) is 84.4 Å². The Balaban J connectivity index is 1.29. The summed E-state index contributed by atoms with van der Waals surface area (Å²) in [5, 5.41) is 12.9. The van der Waals surface area contributed by atoms with Gasteiger partial charge in [0.25, 0.3) is 0 Å². The minimum Gasteiger partial charge on any atom is -0.481 e. The molecule has 2 N–H and O–H groups in total. The smallest absolute Gasteiger partial charge is 0.408 e. The molecular formula is C43H61NO7. The fourth-order valence-electron chi connectivity index (χ4n) is 12.4. The number of nitrogens with one attached hydrogen (secondary N) is 1. The van der Waals surface area contributed by atoms with Gasteiger partial charge in [-0.15, -0.1) is 0 Å². The summed E-state index contributed by atoms with van der Waals surface area (Å²) < 4.78 is 11.9. The number of carbonyl (C=O) groups excluding carboxylic acids is 3. The zero-order chi connectivity index (χ0) is 37.4. The van der Waals surface area contributed by atoms with Gasteiger partial charge in [-0.05, 0) is 110 Å². The second-order valence-electron chi connectivity index (χ2n) is 19.2. The van der Waals surface area contributed by atoms with Gasteiger partial charge in [-0.25, -0.2) is 4.79 Å². The van der Waals surface area contributed by atoms with E-state index in [4.69, 9.17) is 9.47 Å². The highest BCUT2D eigenvalue weighted by Crippen LogP contribution is 2.75. The maximum absolute atomic E-state index is 13.9. The van der Waals surface area contributed by atoms with Crippen LogP contribution in [0, 0.1) is 50.7 Å². The van der Waals surface area contributed by atoms with Crippen molar-refractivity contribution in [3.63, 3.8) is 0 Å². The van der Waals surface area contributed by atoms with Crippen LogP contribution < -0.4 is 5.32 Å². The molecule has 5 aliphatic rings. The topological polar surface area (TPSA) is 119 Å². The van der Waals surface area contributed by atoms with Crippen LogP contribution >= 0.6 is 0 Å². The van der Waals surface area contributed by atoms with E-state index in [1.807, 2.05) is 30.3 Å². The molecule has 1 aromatic rings. The molecule has 1 aromatic carbocycles. The first-order chi connectivity index (χ1) is 23.7. The molecule has 8 atom stereocenters. The highest BCUT2D eigenvalue weighted by atomic mass is 16.6. The second kappa shape index (κ2) is 12.8. The molecule has 0 bridgehead atoms. The van der Waals surface area contributed by atoms with Crippen LogP contribution in [-0.4, -0.2) is 40.6 Å². The largest absolute Gasteiger partial charge is 0.481 e. The lowest BCUT2D eigenvalue weighted by Crippen LogP contribution is -2.65. The predicted octanol–water partition coefficient (Wildman–Crippen LogP) is 9.06. The number of carboxylic acid groups (broad SMARTS) is 1. The number of Topliss-reactive ketones (excluding diaryl/α,β-unsaturated/α-hetero) is 1. The van der Waals surface area contributed by atoms with Crippen molar-refractivity contribution >= 4 is 23.8 Å². The Morgan fingerprint density at radius 2 is 1.63 bits per heavy atom. The quantitative estimate of drug-likeness (QED) is 0.205. The van der Waals surface area contributed by atoms with Crippen molar-refractivity contribution in [2.24, 2.45) is 50.7 Å². The number of benzene rings is 1. The van der Waals surface area contributed by atoms with Crippen LogP contribution in [-0.2, 0) is 30.5 Å². The van der Waals surface area contributed by atoms with Crippen LogP contribution in [0.5, 0.6) is 0 Å². The Morgan fingerprint density at radius 3 is 2.27 bits per heavy atom. The molecule has 4 saturated carbocycles. The Kier molecular flexibility index (Phi) is 9.40. The number of carbonyl (C=O) groups is 4. The Bertz CT molecular complexity index is 1610. The number of amides is 1. The summed E-state index contributed by atoms with van der Waals surface area (Å²) in [7, 11) is 0. The molecule has 0 aliphatic heterocycles. The molecule has 0 radical (unpaired) electrons. The Labute approximate surface area is 304 Å². The van der Waals surface area contributed by atoms with Crippen molar-refractivity contribution in [2.75, 3.05) is 0 Å². The van der Waals surface area contributed by atoms with Gasteiger partial charge < -0.3 is 19.9 Å². The third-order valence-electron chi connectivity index (χ3n) is 15.3. The van der Waals surface area contributed by atoms with E-state index in [9.17, 15) is 24.3 Å². The summed E-state index contributed by atoms with van der Waals surface area (Å²) in [6.07, 6.45) is 6.80. The molecule has 0 spiro atoms. The number of fused-ring (bicyclic) bond motifs is 6. The highest BCUT2D eigenvalue weighted by Gasteiger charge is 2.69. The number of rotatable bonds is 8. The lowest BCUT2D eigenvalue weighted by molar-refractivity contribution is -0.214. The minimum atomic E-state index is -1.17. The van der Waals surface area contributed by atoms with Crippen LogP contribution in [0.4, 0.5) is 4.79 Å². The van der Waals surface area contributed by atoms with Crippen molar-refractivity contribution in [3.05, 3.63) is 47.0 Å². The monoisotopic (exact) mass is 703 g/mol. The van der Waals surface area contributed by atoms with Crippen molar-refractivity contribution < 1.29 is 33.8 Å². The molecule has 280 valence electrons. The lowest BCUT2D eigenvalue weighted by Gasteiger charge is -2.70. The second-order valence-corrected chi connectivity index (χ2v) is 19.2. The van der Waals surface area contributed by atoms with E-state index in [1.54, 1.807) is 13.8 Å². The van der Waals surface area contributed by atoms with Gasteiger partial charge in [0.05, 0.1) is 17.4 Å². The maximum Gasteiger partial charge on any atom is 0.408 e. The Morgan fingerprint density at radius 1 is 0.941 bits per heavy atom. The third kappa shape index (κ3) is 5.95. The fraction of sp³-hybridized carbons (Fsp3) is 0.721. The number of esters is 1. The molecule has 0 heterocycles. The van der Waals surface area contributed by atoms with E-state index < -0.39 is 29.0 Å². The van der Waals surface area contributed by atoms with Crippen molar-refractivity contribution in [1.82, 2.24) is 5.32 Å². The SMILES string of the molecule is CC(C)C1C(=O)C[C@]2(NC(=O)OCc3ccccc3)CC[C@]3(C)C(=C12)CCC1[C@@]2(C)CC[C@H](OC(=O)CC(C)(C)C(=O)O)C(C)(C)C2CC[C@]13C. The van der Waals surface area contributed by atoms with E-state index in [-0.39, 0.29) is 58.4 Å². The van der Waals surface area contributed by atoms with E-state index in [0.29, 0.717) is 18.3 Å². The normalized spacial score (nSPS) is 37.1. The fourth-order valence-corrected chi connectivity index (χ4v) is 12.4. The molecule has 3 unspecified atom stereocenters. The van der Waals surface area contributed by atoms with Gasteiger partial charge in [0.15, 0.2) is 0 Å². The van der Waals surface area contributed by atoms with E-state index in [2.05, 4.69) is 53.8 Å². The molecule has 5 aliphatic carbocycles. The number of ether oxygens (including phenoxy) is 2. The van der Waals surface area contributed by atoms with E-state index in [0.717, 1.165) is 56.9 Å². The first-order valence-corrected chi connectivity index (χ1v) is 19.4. The zero-order valence-electron chi connectivity index (χ0n) is 32.4. The maximum atomic E-state index is 13.9. The summed E-state index contributed by atoms with van der Waals surface area (Å²) in [5.41, 5.74) is 1.29. The number of allylic oxidation sites excluding steroid dienone is 1. The number of hydrogen-bond donors (Lipinski definition) is 2. The standard InChI is InChI=1S/C43H61NO7/c1-26(2)34-29(45)23-43(44-37(49)50-25-27-13-11-10-12-14-27)22-21-41(8)28(35(34)43)15-16-31-40(7)19-18-32(51-33(46)24-38(3,4)36(47)48)39(5,6)30(40)17-20-42(31,41)9/h10-14,26,30-32,34H,15-25H2,1-9H3,(H,44,49)(H,47,48)/t30?,31?,32-,34?,40-,41+,42+,43+/m0/s1. The molecule has 8 heteroatoms. The van der Waals surface area contributed by atoms with Crippen LogP contribution in [0.3, 0.4) is 0 Å². The first kappa shape index (κ1) is 37.6. The zero-order valence-corrected chi connectivity index (χ0v) is 32.4. The summed E-state index contributed by atoms with van der Waals surface area (Å²) >= 11 is 0. The van der Waals surface area contributed by atoms with Crippen molar-refractivity contribution in [2.45, 2.75) is 145 Å². The van der Waals surface area contributed by atoms with Gasteiger partial charge in [0.1, 0.15) is 18.5 Å².